The van der Waals surface area contributed by atoms with Crippen LogP contribution in [0, 0.1) is 11.3 Å². The molecule has 1 unspecified atom stereocenters. The number of nitrogen functional groups attached to an aromatic ring is 1. The molecule has 6 nitrogen and oxygen atoms in total. The Kier molecular flexibility index (Phi) is 4.30. The number of hydrogen-bond donors (Lipinski definition) is 2. The highest BCUT2D eigenvalue weighted by Crippen LogP contribution is 2.25. The zero-order chi connectivity index (χ0) is 14.8. The molecule has 1 atom stereocenters. The Balaban J connectivity index is 2.04. The van der Waals surface area contributed by atoms with E-state index in [1.165, 1.54) is 12.8 Å². The Hall–Kier alpha value is -1.59. The van der Waals surface area contributed by atoms with Crippen molar-refractivity contribution in [1.29, 1.82) is 0 Å². The molecule has 0 amide bonds. The molecule has 1 aliphatic heterocycles. The van der Waals surface area contributed by atoms with Crippen LogP contribution < -0.4 is 16.0 Å². The van der Waals surface area contributed by atoms with E-state index in [9.17, 15) is 0 Å². The molecule has 3 N–H and O–H groups in total. The van der Waals surface area contributed by atoms with Gasteiger partial charge in [-0.3, -0.25) is 0 Å². The van der Waals surface area contributed by atoms with E-state index in [1.807, 2.05) is 0 Å². The van der Waals surface area contributed by atoms with Gasteiger partial charge in [0.2, 0.25) is 17.8 Å². The van der Waals surface area contributed by atoms with Gasteiger partial charge in [0.25, 0.3) is 0 Å². The van der Waals surface area contributed by atoms with Gasteiger partial charge in [0, 0.05) is 19.6 Å². The molecular formula is C14H26N6. The van der Waals surface area contributed by atoms with Gasteiger partial charge in [-0.1, -0.05) is 27.7 Å². The highest BCUT2D eigenvalue weighted by atomic mass is 15.3. The second-order valence-electron chi connectivity index (χ2n) is 6.66. The van der Waals surface area contributed by atoms with E-state index in [1.54, 1.807) is 0 Å². The molecule has 112 valence electrons. The molecule has 0 radical (unpaired) electrons. The number of aromatic nitrogens is 3. The third-order valence-corrected chi connectivity index (χ3v) is 4.07. The summed E-state index contributed by atoms with van der Waals surface area (Å²) in [6.07, 6.45) is 2.38. The van der Waals surface area contributed by atoms with Crippen molar-refractivity contribution in [2.24, 2.45) is 11.3 Å². The van der Waals surface area contributed by atoms with Gasteiger partial charge in [0.1, 0.15) is 0 Å². The number of hydrogen-bond acceptors (Lipinski definition) is 6. The quantitative estimate of drug-likeness (QED) is 0.878. The van der Waals surface area contributed by atoms with Crippen LogP contribution in [-0.4, -0.2) is 34.6 Å². The summed E-state index contributed by atoms with van der Waals surface area (Å²) in [4.78, 5) is 15.1. The number of rotatable bonds is 4. The minimum atomic E-state index is 0.253. The Bertz CT molecular complexity index is 447. The first-order valence-electron chi connectivity index (χ1n) is 7.36. The molecule has 1 aromatic rings. The van der Waals surface area contributed by atoms with Crippen LogP contribution in [0.15, 0.2) is 0 Å². The second-order valence-corrected chi connectivity index (χ2v) is 6.66. The Morgan fingerprint density at radius 1 is 1.20 bits per heavy atom. The molecule has 2 rings (SSSR count). The second kappa shape index (κ2) is 5.81. The van der Waals surface area contributed by atoms with E-state index >= 15 is 0 Å². The summed E-state index contributed by atoms with van der Waals surface area (Å²) in [5.74, 6) is 2.07. The van der Waals surface area contributed by atoms with Gasteiger partial charge in [0.15, 0.2) is 0 Å². The van der Waals surface area contributed by atoms with Crippen LogP contribution in [0.4, 0.5) is 17.8 Å². The molecule has 20 heavy (non-hydrogen) atoms. The first-order valence-corrected chi connectivity index (χ1v) is 7.36. The van der Waals surface area contributed by atoms with Crippen molar-refractivity contribution in [3.8, 4) is 0 Å². The van der Waals surface area contributed by atoms with E-state index in [0.29, 0.717) is 17.8 Å². The molecule has 1 saturated heterocycles. The molecule has 0 aliphatic carbocycles. The normalized spacial score (nSPS) is 17.3. The van der Waals surface area contributed by atoms with Gasteiger partial charge in [-0.25, -0.2) is 0 Å². The summed E-state index contributed by atoms with van der Waals surface area (Å²) < 4.78 is 0. The third-order valence-electron chi connectivity index (χ3n) is 4.07. The molecule has 0 bridgehead atoms. The average Bonchev–Trinajstić information content (AvgIpc) is 2.88. The van der Waals surface area contributed by atoms with Crippen LogP contribution in [0.2, 0.25) is 0 Å². The maximum Gasteiger partial charge on any atom is 0.231 e. The molecule has 6 heteroatoms. The van der Waals surface area contributed by atoms with Crippen LogP contribution in [-0.2, 0) is 0 Å². The monoisotopic (exact) mass is 278 g/mol. The van der Waals surface area contributed by atoms with Crippen molar-refractivity contribution in [3.05, 3.63) is 0 Å². The van der Waals surface area contributed by atoms with Crippen molar-refractivity contribution in [3.63, 3.8) is 0 Å². The van der Waals surface area contributed by atoms with Crippen molar-refractivity contribution in [1.82, 2.24) is 15.0 Å². The van der Waals surface area contributed by atoms with Gasteiger partial charge in [-0.05, 0) is 24.2 Å². The van der Waals surface area contributed by atoms with Crippen molar-refractivity contribution in [2.75, 3.05) is 35.6 Å². The summed E-state index contributed by atoms with van der Waals surface area (Å²) in [7, 11) is 0. The van der Waals surface area contributed by atoms with E-state index in [-0.39, 0.29) is 11.4 Å². The smallest absolute Gasteiger partial charge is 0.231 e. The maximum absolute atomic E-state index is 5.79. The predicted molar refractivity (Wildman–Crippen MR) is 82.8 cm³/mol. The predicted octanol–water partition coefficient (Wildman–Crippen LogP) is 2.15. The number of nitrogens with one attached hydrogen (secondary N) is 1. The summed E-state index contributed by atoms with van der Waals surface area (Å²) in [5.41, 5.74) is 6.04. The highest BCUT2D eigenvalue weighted by molar-refractivity contribution is 5.42. The fourth-order valence-corrected chi connectivity index (χ4v) is 2.07. The minimum absolute atomic E-state index is 0.253. The zero-order valence-electron chi connectivity index (χ0n) is 13.0. The van der Waals surface area contributed by atoms with E-state index in [4.69, 9.17) is 5.73 Å². The zero-order valence-corrected chi connectivity index (χ0v) is 13.0. The van der Waals surface area contributed by atoms with E-state index in [0.717, 1.165) is 19.6 Å². The van der Waals surface area contributed by atoms with Crippen molar-refractivity contribution in [2.45, 2.75) is 40.5 Å². The molecule has 1 aliphatic rings. The highest BCUT2D eigenvalue weighted by Gasteiger charge is 2.21. The lowest BCUT2D eigenvalue weighted by Gasteiger charge is -2.27. The molecule has 1 fully saturated rings. The Morgan fingerprint density at radius 3 is 2.45 bits per heavy atom. The van der Waals surface area contributed by atoms with Crippen molar-refractivity contribution < 1.29 is 0 Å². The van der Waals surface area contributed by atoms with Gasteiger partial charge < -0.3 is 16.0 Å². The summed E-state index contributed by atoms with van der Waals surface area (Å²) in [5, 5.41) is 3.29. The summed E-state index contributed by atoms with van der Waals surface area (Å²) in [6.45, 7) is 11.7. The number of nitrogens with two attached hydrogens (primary N) is 1. The Labute approximate surface area is 121 Å². The van der Waals surface area contributed by atoms with E-state index in [2.05, 4.69) is 52.9 Å². The average molecular weight is 278 g/mol. The van der Waals surface area contributed by atoms with Gasteiger partial charge in [-0.15, -0.1) is 0 Å². The molecular weight excluding hydrogens is 252 g/mol. The van der Waals surface area contributed by atoms with Gasteiger partial charge in [-0.2, -0.15) is 15.0 Å². The SMILES string of the molecule is CC(CNc1nc(N)nc(N2CCCC2)n1)C(C)(C)C. The third kappa shape index (κ3) is 3.71. The molecule has 0 saturated carbocycles. The molecule has 1 aromatic heterocycles. The maximum atomic E-state index is 5.79. The van der Waals surface area contributed by atoms with E-state index < -0.39 is 0 Å². The number of anilines is 3. The van der Waals surface area contributed by atoms with Crippen LogP contribution in [0.25, 0.3) is 0 Å². The van der Waals surface area contributed by atoms with Crippen LogP contribution >= 0.6 is 0 Å². The van der Waals surface area contributed by atoms with Gasteiger partial charge >= 0.3 is 0 Å². The fourth-order valence-electron chi connectivity index (χ4n) is 2.07. The van der Waals surface area contributed by atoms with Crippen LogP contribution in [0.5, 0.6) is 0 Å². The fraction of sp³-hybridized carbons (Fsp3) is 0.786. The molecule has 0 spiro atoms. The van der Waals surface area contributed by atoms with Crippen molar-refractivity contribution >= 4 is 17.8 Å². The summed E-state index contributed by atoms with van der Waals surface area (Å²) >= 11 is 0. The van der Waals surface area contributed by atoms with Gasteiger partial charge in [0.05, 0.1) is 0 Å². The summed E-state index contributed by atoms with van der Waals surface area (Å²) in [6, 6.07) is 0. The lowest BCUT2D eigenvalue weighted by Crippen LogP contribution is -2.26. The largest absolute Gasteiger partial charge is 0.368 e. The standard InChI is InChI=1S/C14H26N6/c1-10(14(2,3)4)9-16-12-17-11(15)18-13(19-12)20-7-5-6-8-20/h10H,5-9H2,1-4H3,(H3,15,16,17,18,19). The lowest BCUT2D eigenvalue weighted by molar-refractivity contribution is 0.274. The first kappa shape index (κ1) is 14.8. The lowest BCUT2D eigenvalue weighted by atomic mass is 9.82. The Morgan fingerprint density at radius 2 is 1.85 bits per heavy atom. The molecule has 0 aromatic carbocycles. The van der Waals surface area contributed by atoms with Crippen LogP contribution in [0.3, 0.4) is 0 Å². The van der Waals surface area contributed by atoms with Crippen LogP contribution in [0.1, 0.15) is 40.5 Å². The number of nitrogens with zero attached hydrogens (tertiary/aromatic N) is 4. The minimum Gasteiger partial charge on any atom is -0.368 e. The molecule has 2 heterocycles. The first-order chi connectivity index (χ1) is 9.36. The topological polar surface area (TPSA) is 80.0 Å².